The van der Waals surface area contributed by atoms with Crippen molar-refractivity contribution in [3.63, 3.8) is 0 Å². The smallest absolute Gasteiger partial charge is 0.252 e. The maximum absolute atomic E-state index is 12.6. The SMILES string of the molecule is O=C(Cc1ccc(S(=O)(=O)N2CCCCC2)s1)NCc1ccccn1. The Labute approximate surface area is 151 Å². The van der Waals surface area contributed by atoms with Crippen LogP contribution in [0, 0.1) is 0 Å². The molecule has 1 aliphatic rings. The number of pyridine rings is 1. The Balaban J connectivity index is 1.58. The molecule has 0 spiro atoms. The summed E-state index contributed by atoms with van der Waals surface area (Å²) in [5.41, 5.74) is 0.787. The monoisotopic (exact) mass is 379 g/mol. The maximum Gasteiger partial charge on any atom is 0.252 e. The molecule has 25 heavy (non-hydrogen) atoms. The predicted octanol–water partition coefficient (Wildman–Crippen LogP) is 2.18. The molecular formula is C17H21N3O3S2. The largest absolute Gasteiger partial charge is 0.350 e. The number of nitrogens with one attached hydrogen (secondary N) is 1. The van der Waals surface area contributed by atoms with Gasteiger partial charge in [0.25, 0.3) is 10.0 Å². The van der Waals surface area contributed by atoms with E-state index in [1.54, 1.807) is 22.6 Å². The first-order valence-electron chi connectivity index (χ1n) is 8.31. The molecule has 0 saturated carbocycles. The summed E-state index contributed by atoms with van der Waals surface area (Å²) in [5.74, 6) is -0.144. The third-order valence-electron chi connectivity index (χ3n) is 4.07. The summed E-state index contributed by atoms with van der Waals surface area (Å²) < 4.78 is 27.1. The van der Waals surface area contributed by atoms with Gasteiger partial charge in [-0.05, 0) is 37.1 Å². The fourth-order valence-electron chi connectivity index (χ4n) is 2.74. The van der Waals surface area contributed by atoms with E-state index >= 15 is 0 Å². The van der Waals surface area contributed by atoms with Crippen molar-refractivity contribution in [1.29, 1.82) is 0 Å². The summed E-state index contributed by atoms with van der Waals surface area (Å²) >= 11 is 1.18. The third kappa shape index (κ3) is 4.65. The average Bonchev–Trinajstić information content (AvgIpc) is 3.11. The Morgan fingerprint density at radius 1 is 1.16 bits per heavy atom. The summed E-state index contributed by atoms with van der Waals surface area (Å²) in [6, 6.07) is 8.86. The van der Waals surface area contributed by atoms with Crippen LogP contribution in [0.1, 0.15) is 29.8 Å². The standard InChI is InChI=1S/C17H21N3O3S2/c21-16(19-13-14-6-2-3-9-18-14)12-15-7-8-17(24-15)25(22,23)20-10-4-1-5-11-20/h2-3,6-9H,1,4-5,10-13H2,(H,19,21). The van der Waals surface area contributed by atoms with Gasteiger partial charge in [0.1, 0.15) is 4.21 Å². The van der Waals surface area contributed by atoms with E-state index < -0.39 is 10.0 Å². The highest BCUT2D eigenvalue weighted by atomic mass is 32.2. The van der Waals surface area contributed by atoms with Crippen molar-refractivity contribution < 1.29 is 13.2 Å². The topological polar surface area (TPSA) is 79.4 Å². The van der Waals surface area contributed by atoms with Crippen LogP contribution in [0.4, 0.5) is 0 Å². The number of carbonyl (C=O) groups excluding carboxylic acids is 1. The predicted molar refractivity (Wildman–Crippen MR) is 96.7 cm³/mol. The number of aromatic nitrogens is 1. The fraction of sp³-hybridized carbons (Fsp3) is 0.412. The molecule has 1 saturated heterocycles. The summed E-state index contributed by atoms with van der Waals surface area (Å²) in [5, 5.41) is 2.80. The van der Waals surface area contributed by atoms with Gasteiger partial charge in [-0.3, -0.25) is 9.78 Å². The summed E-state index contributed by atoms with van der Waals surface area (Å²) in [4.78, 5) is 16.9. The van der Waals surface area contributed by atoms with Crippen molar-refractivity contribution in [2.24, 2.45) is 0 Å². The number of amides is 1. The van der Waals surface area contributed by atoms with Gasteiger partial charge in [0.05, 0.1) is 18.7 Å². The molecule has 1 amide bonds. The molecule has 3 rings (SSSR count). The van der Waals surface area contributed by atoms with Gasteiger partial charge >= 0.3 is 0 Å². The molecule has 134 valence electrons. The van der Waals surface area contributed by atoms with Crippen LogP contribution >= 0.6 is 11.3 Å². The minimum atomic E-state index is -3.42. The third-order valence-corrected chi connectivity index (χ3v) is 7.53. The molecule has 0 radical (unpaired) electrons. The zero-order valence-electron chi connectivity index (χ0n) is 13.8. The Hall–Kier alpha value is -1.77. The van der Waals surface area contributed by atoms with Crippen LogP contribution in [0.5, 0.6) is 0 Å². The van der Waals surface area contributed by atoms with Crippen LogP contribution in [-0.2, 0) is 27.8 Å². The fourth-order valence-corrected chi connectivity index (χ4v) is 5.76. The molecule has 0 bridgehead atoms. The number of hydrogen-bond donors (Lipinski definition) is 1. The molecule has 1 aliphatic heterocycles. The van der Waals surface area contributed by atoms with Crippen LogP contribution in [0.2, 0.25) is 0 Å². The molecule has 3 heterocycles. The van der Waals surface area contributed by atoms with E-state index in [-0.39, 0.29) is 12.3 Å². The number of thiophene rings is 1. The lowest BCUT2D eigenvalue weighted by molar-refractivity contribution is -0.120. The van der Waals surface area contributed by atoms with Gasteiger partial charge in [0, 0.05) is 24.2 Å². The number of hydrogen-bond acceptors (Lipinski definition) is 5. The minimum Gasteiger partial charge on any atom is -0.350 e. The Bertz CT molecular complexity index is 813. The quantitative estimate of drug-likeness (QED) is 0.834. The highest BCUT2D eigenvalue weighted by Crippen LogP contribution is 2.27. The molecule has 2 aromatic rings. The second-order valence-corrected chi connectivity index (χ2v) is 9.29. The zero-order chi connectivity index (χ0) is 17.7. The first kappa shape index (κ1) is 18.0. The maximum atomic E-state index is 12.6. The van der Waals surface area contributed by atoms with Gasteiger partial charge in [-0.2, -0.15) is 4.31 Å². The summed E-state index contributed by atoms with van der Waals surface area (Å²) in [7, 11) is -3.42. The normalized spacial score (nSPS) is 15.8. The first-order chi connectivity index (χ1) is 12.1. The lowest BCUT2D eigenvalue weighted by atomic mass is 10.2. The van der Waals surface area contributed by atoms with Gasteiger partial charge in [-0.15, -0.1) is 11.3 Å². The van der Waals surface area contributed by atoms with Gasteiger partial charge in [0.2, 0.25) is 5.91 Å². The van der Waals surface area contributed by atoms with Gasteiger partial charge < -0.3 is 5.32 Å². The molecule has 0 aliphatic carbocycles. The van der Waals surface area contributed by atoms with Crippen molar-refractivity contribution in [2.45, 2.75) is 36.4 Å². The number of sulfonamides is 1. The second kappa shape index (κ2) is 8.07. The highest BCUT2D eigenvalue weighted by molar-refractivity contribution is 7.91. The van der Waals surface area contributed by atoms with E-state index in [0.717, 1.165) is 29.8 Å². The molecule has 0 atom stereocenters. The molecule has 6 nitrogen and oxygen atoms in total. The number of rotatable bonds is 6. The van der Waals surface area contributed by atoms with Crippen LogP contribution in [0.3, 0.4) is 0 Å². The Morgan fingerprint density at radius 2 is 1.96 bits per heavy atom. The van der Waals surface area contributed by atoms with E-state index in [2.05, 4.69) is 10.3 Å². The molecule has 1 fully saturated rings. The van der Waals surface area contributed by atoms with Crippen molar-refractivity contribution in [3.8, 4) is 0 Å². The van der Waals surface area contributed by atoms with E-state index in [4.69, 9.17) is 0 Å². The molecule has 0 aromatic carbocycles. The average molecular weight is 380 g/mol. The van der Waals surface area contributed by atoms with E-state index in [1.165, 1.54) is 11.3 Å². The minimum absolute atomic E-state index is 0.144. The Kier molecular flexibility index (Phi) is 5.82. The number of nitrogens with zero attached hydrogens (tertiary/aromatic N) is 2. The molecule has 8 heteroatoms. The first-order valence-corrected chi connectivity index (χ1v) is 10.6. The van der Waals surface area contributed by atoms with Crippen molar-refractivity contribution in [3.05, 3.63) is 47.1 Å². The van der Waals surface area contributed by atoms with Crippen LogP contribution in [0.25, 0.3) is 0 Å². The molecule has 0 unspecified atom stereocenters. The molecular weight excluding hydrogens is 358 g/mol. The van der Waals surface area contributed by atoms with Crippen LogP contribution in [0.15, 0.2) is 40.7 Å². The van der Waals surface area contributed by atoms with Gasteiger partial charge in [0.15, 0.2) is 0 Å². The lowest BCUT2D eigenvalue weighted by Gasteiger charge is -2.25. The second-order valence-electron chi connectivity index (χ2n) is 5.96. The van der Waals surface area contributed by atoms with Gasteiger partial charge in [-0.1, -0.05) is 12.5 Å². The van der Waals surface area contributed by atoms with E-state index in [1.807, 2.05) is 18.2 Å². The van der Waals surface area contributed by atoms with Crippen LogP contribution < -0.4 is 5.32 Å². The molecule has 1 N–H and O–H groups in total. The van der Waals surface area contributed by atoms with Gasteiger partial charge in [-0.25, -0.2) is 8.42 Å². The zero-order valence-corrected chi connectivity index (χ0v) is 15.5. The lowest BCUT2D eigenvalue weighted by Crippen LogP contribution is -2.35. The Morgan fingerprint density at radius 3 is 2.68 bits per heavy atom. The number of piperidine rings is 1. The van der Waals surface area contributed by atoms with Crippen molar-refractivity contribution >= 4 is 27.3 Å². The summed E-state index contributed by atoms with van der Waals surface area (Å²) in [6.07, 6.45) is 4.75. The summed E-state index contributed by atoms with van der Waals surface area (Å²) in [6.45, 7) is 1.53. The van der Waals surface area contributed by atoms with E-state index in [9.17, 15) is 13.2 Å². The van der Waals surface area contributed by atoms with E-state index in [0.29, 0.717) is 23.8 Å². The highest BCUT2D eigenvalue weighted by Gasteiger charge is 2.27. The number of carbonyl (C=O) groups is 1. The van der Waals surface area contributed by atoms with Crippen molar-refractivity contribution in [2.75, 3.05) is 13.1 Å². The van der Waals surface area contributed by atoms with Crippen LogP contribution in [-0.4, -0.2) is 36.7 Å². The van der Waals surface area contributed by atoms with Crippen molar-refractivity contribution in [1.82, 2.24) is 14.6 Å². The molecule has 2 aromatic heterocycles.